The van der Waals surface area contributed by atoms with Gasteiger partial charge in [-0.3, -0.25) is 4.79 Å². The van der Waals surface area contributed by atoms with Crippen LogP contribution >= 0.6 is 11.3 Å². The van der Waals surface area contributed by atoms with Crippen LogP contribution in [0.3, 0.4) is 0 Å². The lowest BCUT2D eigenvalue weighted by atomic mass is 10.0. The second kappa shape index (κ2) is 6.90. The Morgan fingerprint density at radius 2 is 2.56 bits per heavy atom. The molecule has 2 heterocycles. The minimum absolute atomic E-state index is 0.200. The molecule has 0 aliphatic carbocycles. The van der Waals surface area contributed by atoms with E-state index in [0.717, 1.165) is 25.9 Å². The first-order valence-corrected chi connectivity index (χ1v) is 7.64. The van der Waals surface area contributed by atoms with Gasteiger partial charge in [-0.1, -0.05) is 6.07 Å². The largest absolute Gasteiger partial charge is 0.353 e. The first-order valence-electron chi connectivity index (χ1n) is 6.76. The van der Waals surface area contributed by atoms with E-state index in [0.29, 0.717) is 12.3 Å². The average molecular weight is 266 g/mol. The lowest BCUT2D eigenvalue weighted by molar-refractivity contribution is -0.121. The molecule has 2 rings (SSSR count). The van der Waals surface area contributed by atoms with Crippen molar-refractivity contribution in [3.63, 3.8) is 0 Å². The standard InChI is InChI=1S/C14H22N2OS/c1-11(9-13-3-2-8-18-13)16-14(17)5-4-12-6-7-15-10-12/h2-3,8,11-12,15H,4-7,9-10H2,1H3,(H,16,17). The summed E-state index contributed by atoms with van der Waals surface area (Å²) < 4.78 is 0. The Labute approximate surface area is 113 Å². The molecule has 2 unspecified atom stereocenters. The highest BCUT2D eigenvalue weighted by atomic mass is 32.1. The van der Waals surface area contributed by atoms with Crippen molar-refractivity contribution >= 4 is 17.2 Å². The average Bonchev–Trinajstić information content (AvgIpc) is 2.98. The molecule has 2 N–H and O–H groups in total. The summed E-state index contributed by atoms with van der Waals surface area (Å²) in [7, 11) is 0. The van der Waals surface area contributed by atoms with E-state index in [1.807, 2.05) is 0 Å². The molecular weight excluding hydrogens is 244 g/mol. The van der Waals surface area contributed by atoms with E-state index in [4.69, 9.17) is 0 Å². The van der Waals surface area contributed by atoms with Gasteiger partial charge >= 0.3 is 0 Å². The summed E-state index contributed by atoms with van der Waals surface area (Å²) in [4.78, 5) is 13.1. The van der Waals surface area contributed by atoms with Gasteiger partial charge in [-0.15, -0.1) is 11.3 Å². The zero-order valence-electron chi connectivity index (χ0n) is 10.9. The molecule has 0 aromatic carbocycles. The number of nitrogens with one attached hydrogen (secondary N) is 2. The molecule has 1 fully saturated rings. The van der Waals surface area contributed by atoms with Crippen LogP contribution in [0.15, 0.2) is 17.5 Å². The Hall–Kier alpha value is -0.870. The Morgan fingerprint density at radius 3 is 3.22 bits per heavy atom. The maximum atomic E-state index is 11.8. The summed E-state index contributed by atoms with van der Waals surface area (Å²) in [6.45, 7) is 4.27. The minimum Gasteiger partial charge on any atom is -0.353 e. The van der Waals surface area contributed by atoms with Gasteiger partial charge in [-0.2, -0.15) is 0 Å². The fourth-order valence-corrected chi connectivity index (χ4v) is 3.26. The zero-order chi connectivity index (χ0) is 12.8. The monoisotopic (exact) mass is 266 g/mol. The lowest BCUT2D eigenvalue weighted by Crippen LogP contribution is -2.34. The molecule has 1 saturated heterocycles. The van der Waals surface area contributed by atoms with Gasteiger partial charge in [0.05, 0.1) is 0 Å². The molecule has 1 amide bonds. The van der Waals surface area contributed by atoms with Gasteiger partial charge in [0.25, 0.3) is 0 Å². The topological polar surface area (TPSA) is 41.1 Å². The van der Waals surface area contributed by atoms with Crippen molar-refractivity contribution in [1.29, 1.82) is 0 Å². The van der Waals surface area contributed by atoms with E-state index in [9.17, 15) is 4.79 Å². The molecule has 0 saturated carbocycles. The minimum atomic E-state index is 0.200. The van der Waals surface area contributed by atoms with Crippen molar-refractivity contribution in [3.05, 3.63) is 22.4 Å². The number of rotatable bonds is 6. The number of thiophene rings is 1. The molecule has 1 aliphatic rings. The van der Waals surface area contributed by atoms with Gasteiger partial charge in [0.2, 0.25) is 5.91 Å². The maximum absolute atomic E-state index is 11.8. The summed E-state index contributed by atoms with van der Waals surface area (Å²) in [6.07, 6.45) is 3.85. The predicted octanol–water partition coefficient (Wildman–Crippen LogP) is 2.18. The van der Waals surface area contributed by atoms with Crippen molar-refractivity contribution in [3.8, 4) is 0 Å². The predicted molar refractivity (Wildman–Crippen MR) is 75.8 cm³/mol. The van der Waals surface area contributed by atoms with Crippen LogP contribution in [-0.4, -0.2) is 25.0 Å². The molecule has 18 heavy (non-hydrogen) atoms. The van der Waals surface area contributed by atoms with Crippen LogP contribution in [0, 0.1) is 5.92 Å². The number of carbonyl (C=O) groups excluding carboxylic acids is 1. The third-order valence-corrected chi connectivity index (χ3v) is 4.34. The molecule has 0 bridgehead atoms. The molecule has 100 valence electrons. The van der Waals surface area contributed by atoms with E-state index in [1.165, 1.54) is 11.3 Å². The fraction of sp³-hybridized carbons (Fsp3) is 0.643. The Bertz CT molecular complexity index is 358. The van der Waals surface area contributed by atoms with Crippen LogP contribution in [-0.2, 0) is 11.2 Å². The first-order chi connectivity index (χ1) is 8.74. The van der Waals surface area contributed by atoms with Crippen LogP contribution < -0.4 is 10.6 Å². The van der Waals surface area contributed by atoms with Gasteiger partial charge in [0, 0.05) is 23.8 Å². The van der Waals surface area contributed by atoms with Crippen LogP contribution in [0.1, 0.15) is 31.1 Å². The number of hydrogen-bond acceptors (Lipinski definition) is 3. The van der Waals surface area contributed by atoms with Crippen molar-refractivity contribution < 1.29 is 4.79 Å². The van der Waals surface area contributed by atoms with Crippen LogP contribution in [0.5, 0.6) is 0 Å². The summed E-state index contributed by atoms with van der Waals surface area (Å²) in [6, 6.07) is 4.41. The molecule has 1 aromatic rings. The van der Waals surface area contributed by atoms with Crippen molar-refractivity contribution in [2.24, 2.45) is 5.92 Å². The highest BCUT2D eigenvalue weighted by Gasteiger charge is 2.16. The molecule has 0 radical (unpaired) electrons. The normalized spacial score (nSPS) is 20.8. The van der Waals surface area contributed by atoms with Crippen LogP contribution in [0.4, 0.5) is 0 Å². The van der Waals surface area contributed by atoms with Gasteiger partial charge in [0.15, 0.2) is 0 Å². The summed E-state index contributed by atoms with van der Waals surface area (Å²) in [5.74, 6) is 0.898. The van der Waals surface area contributed by atoms with E-state index in [-0.39, 0.29) is 11.9 Å². The number of amides is 1. The summed E-state index contributed by atoms with van der Waals surface area (Å²) >= 11 is 1.75. The van der Waals surface area contributed by atoms with E-state index < -0.39 is 0 Å². The number of hydrogen-bond donors (Lipinski definition) is 2. The SMILES string of the molecule is CC(Cc1cccs1)NC(=O)CCC1CCNC1. The molecule has 0 spiro atoms. The first kappa shape index (κ1) is 13.6. The number of carbonyl (C=O) groups is 1. The Morgan fingerprint density at radius 1 is 1.67 bits per heavy atom. The Balaban J connectivity index is 1.63. The van der Waals surface area contributed by atoms with Crippen molar-refractivity contribution in [2.45, 2.75) is 38.6 Å². The van der Waals surface area contributed by atoms with Crippen LogP contribution in [0.2, 0.25) is 0 Å². The van der Waals surface area contributed by atoms with Crippen molar-refractivity contribution in [2.75, 3.05) is 13.1 Å². The molecular formula is C14H22N2OS. The highest BCUT2D eigenvalue weighted by molar-refractivity contribution is 7.09. The van der Waals surface area contributed by atoms with Gasteiger partial charge in [-0.05, 0) is 50.2 Å². The van der Waals surface area contributed by atoms with Gasteiger partial charge < -0.3 is 10.6 Å². The zero-order valence-corrected chi connectivity index (χ0v) is 11.8. The second-order valence-electron chi connectivity index (χ2n) is 5.15. The summed E-state index contributed by atoms with van der Waals surface area (Å²) in [5, 5.41) is 8.51. The molecule has 1 aromatic heterocycles. The lowest BCUT2D eigenvalue weighted by Gasteiger charge is -2.14. The van der Waals surface area contributed by atoms with E-state index in [2.05, 4.69) is 35.1 Å². The summed E-state index contributed by atoms with van der Waals surface area (Å²) in [5.41, 5.74) is 0. The maximum Gasteiger partial charge on any atom is 0.220 e. The highest BCUT2D eigenvalue weighted by Crippen LogP contribution is 2.14. The smallest absolute Gasteiger partial charge is 0.220 e. The van der Waals surface area contributed by atoms with Crippen LogP contribution in [0.25, 0.3) is 0 Å². The second-order valence-corrected chi connectivity index (χ2v) is 6.18. The third kappa shape index (κ3) is 4.42. The van der Waals surface area contributed by atoms with Crippen molar-refractivity contribution in [1.82, 2.24) is 10.6 Å². The van der Waals surface area contributed by atoms with E-state index in [1.54, 1.807) is 11.3 Å². The van der Waals surface area contributed by atoms with Gasteiger partial charge in [0.1, 0.15) is 0 Å². The Kier molecular flexibility index (Phi) is 5.20. The molecule has 2 atom stereocenters. The third-order valence-electron chi connectivity index (χ3n) is 3.44. The molecule has 3 nitrogen and oxygen atoms in total. The molecule has 1 aliphatic heterocycles. The fourth-order valence-electron chi connectivity index (χ4n) is 2.42. The van der Waals surface area contributed by atoms with Gasteiger partial charge in [-0.25, -0.2) is 0 Å². The van der Waals surface area contributed by atoms with E-state index >= 15 is 0 Å². The molecule has 4 heteroatoms. The quantitative estimate of drug-likeness (QED) is 0.828.